The molecule has 5 rings (SSSR count). The number of nitrogens with one attached hydrogen (secondary N) is 2. The second-order valence-electron chi connectivity index (χ2n) is 11.5. The van der Waals surface area contributed by atoms with Gasteiger partial charge in [-0.3, -0.25) is 0 Å². The summed E-state index contributed by atoms with van der Waals surface area (Å²) in [5.41, 5.74) is 0.942. The fraction of sp³-hybridized carbons (Fsp3) is 0.621. The van der Waals surface area contributed by atoms with Crippen LogP contribution in [0.3, 0.4) is 0 Å². The summed E-state index contributed by atoms with van der Waals surface area (Å²) in [7, 11) is 0. The Morgan fingerprint density at radius 1 is 0.947 bits per heavy atom. The van der Waals surface area contributed by atoms with Crippen LogP contribution in [0.2, 0.25) is 0 Å². The number of rotatable bonds is 6. The molecule has 3 saturated heterocycles. The molecular weight excluding hydrogens is 499 g/mol. The summed E-state index contributed by atoms with van der Waals surface area (Å²) in [5, 5.41) is 7.22. The fourth-order valence-electron chi connectivity index (χ4n) is 5.81. The molecule has 0 spiro atoms. The minimum absolute atomic E-state index is 0.166. The van der Waals surface area contributed by atoms with Gasteiger partial charge in [-0.2, -0.15) is 9.97 Å². The van der Waals surface area contributed by atoms with Gasteiger partial charge < -0.3 is 25.2 Å². The van der Waals surface area contributed by atoms with Gasteiger partial charge in [-0.15, -0.1) is 0 Å². The lowest BCUT2D eigenvalue weighted by molar-refractivity contribution is 0.0515. The van der Waals surface area contributed by atoms with E-state index >= 15 is 0 Å². The van der Waals surface area contributed by atoms with E-state index in [9.17, 15) is 4.39 Å². The van der Waals surface area contributed by atoms with Crippen LogP contribution in [0.25, 0.3) is 0 Å². The number of ether oxygens (including phenoxy) is 1. The van der Waals surface area contributed by atoms with Crippen molar-refractivity contribution in [3.8, 4) is 0 Å². The molecule has 0 amide bonds. The highest BCUT2D eigenvalue weighted by molar-refractivity contribution is 7.80. The first-order chi connectivity index (χ1) is 18.4. The van der Waals surface area contributed by atoms with Crippen LogP contribution >= 0.6 is 12.2 Å². The second kappa shape index (κ2) is 12.1. The Balaban J connectivity index is 1.31. The summed E-state index contributed by atoms with van der Waals surface area (Å²) in [6.45, 7) is 10.7. The van der Waals surface area contributed by atoms with Gasteiger partial charge in [-0.25, -0.2) is 4.39 Å². The molecule has 0 atom stereocenters. The molecule has 0 bridgehead atoms. The maximum absolute atomic E-state index is 13.6. The molecule has 0 radical (unpaired) electrons. The van der Waals surface area contributed by atoms with Crippen molar-refractivity contribution in [2.45, 2.75) is 57.8 Å². The monoisotopic (exact) mass is 540 g/mol. The number of anilines is 3. The molecular formula is C29H41FN6OS. The first-order valence-corrected chi connectivity index (χ1v) is 14.6. The number of hydrogen-bond acceptors (Lipinski definition) is 6. The SMILES string of the molecule is CC1CCN(c2cc(N3CCC(C)CC3)nc(NC(=S)NCC3(c4ccc(F)cc4)CCOCC3)n2)CC1. The van der Waals surface area contributed by atoms with Gasteiger partial charge in [0.2, 0.25) is 5.95 Å². The van der Waals surface area contributed by atoms with Crippen LogP contribution in [-0.2, 0) is 10.2 Å². The Labute approximate surface area is 231 Å². The maximum Gasteiger partial charge on any atom is 0.232 e. The number of halogens is 1. The third kappa shape index (κ3) is 6.54. The Morgan fingerprint density at radius 3 is 2.00 bits per heavy atom. The minimum Gasteiger partial charge on any atom is -0.381 e. The van der Waals surface area contributed by atoms with Crippen molar-refractivity contribution in [1.82, 2.24) is 15.3 Å². The van der Waals surface area contributed by atoms with E-state index in [4.69, 9.17) is 26.9 Å². The summed E-state index contributed by atoms with van der Waals surface area (Å²) in [4.78, 5) is 14.6. The lowest BCUT2D eigenvalue weighted by atomic mass is 9.74. The van der Waals surface area contributed by atoms with Gasteiger partial charge >= 0.3 is 0 Å². The van der Waals surface area contributed by atoms with E-state index in [1.165, 1.54) is 37.8 Å². The smallest absolute Gasteiger partial charge is 0.232 e. The van der Waals surface area contributed by atoms with E-state index in [0.717, 1.165) is 68.1 Å². The van der Waals surface area contributed by atoms with Crippen LogP contribution < -0.4 is 20.4 Å². The molecule has 4 heterocycles. The summed E-state index contributed by atoms with van der Waals surface area (Å²) in [5.74, 6) is 3.76. The van der Waals surface area contributed by atoms with Gasteiger partial charge in [0.25, 0.3) is 0 Å². The van der Waals surface area contributed by atoms with E-state index in [1.54, 1.807) is 0 Å². The van der Waals surface area contributed by atoms with Gasteiger partial charge in [0.05, 0.1) is 0 Å². The minimum atomic E-state index is -0.222. The molecule has 38 heavy (non-hydrogen) atoms. The average Bonchev–Trinajstić information content (AvgIpc) is 2.93. The molecule has 0 saturated carbocycles. The average molecular weight is 541 g/mol. The molecule has 1 aromatic heterocycles. The van der Waals surface area contributed by atoms with Crippen molar-refractivity contribution >= 4 is 34.9 Å². The zero-order valence-electron chi connectivity index (χ0n) is 22.7. The Hall–Kier alpha value is -2.52. The summed E-state index contributed by atoms with van der Waals surface area (Å²) >= 11 is 5.73. The van der Waals surface area contributed by atoms with Crippen molar-refractivity contribution in [3.05, 3.63) is 41.7 Å². The molecule has 9 heteroatoms. The normalized spacial score (nSPS) is 20.8. The standard InChI is InChI=1S/C29H41FN6OS/c1-21-7-13-35(14-8-21)25-19-26(36-15-9-22(2)10-16-36)33-27(32-25)34-28(38)31-20-29(11-17-37-18-12-29)23-3-5-24(30)6-4-23/h3-6,19,21-22H,7-18,20H2,1-2H3,(H2,31,32,33,34,38). The number of hydrogen-bond donors (Lipinski definition) is 2. The van der Waals surface area contributed by atoms with Crippen molar-refractivity contribution in [2.75, 3.05) is 61.1 Å². The van der Waals surface area contributed by atoms with Crippen LogP contribution in [-0.4, -0.2) is 61.0 Å². The molecule has 3 fully saturated rings. The van der Waals surface area contributed by atoms with E-state index in [1.807, 2.05) is 12.1 Å². The number of aromatic nitrogens is 2. The first-order valence-electron chi connectivity index (χ1n) is 14.2. The number of thiocarbonyl (C=S) groups is 1. The van der Waals surface area contributed by atoms with Crippen molar-refractivity contribution in [2.24, 2.45) is 11.8 Å². The highest BCUT2D eigenvalue weighted by Gasteiger charge is 2.34. The first kappa shape index (κ1) is 27.1. The van der Waals surface area contributed by atoms with Gasteiger partial charge in [0.1, 0.15) is 17.5 Å². The van der Waals surface area contributed by atoms with Crippen molar-refractivity contribution < 1.29 is 9.13 Å². The molecule has 2 aromatic rings. The third-order valence-corrected chi connectivity index (χ3v) is 8.88. The number of benzene rings is 1. The fourth-order valence-corrected chi connectivity index (χ4v) is 5.97. The Kier molecular flexibility index (Phi) is 8.63. The zero-order chi connectivity index (χ0) is 26.5. The largest absolute Gasteiger partial charge is 0.381 e. The molecule has 7 nitrogen and oxygen atoms in total. The predicted octanol–water partition coefficient (Wildman–Crippen LogP) is 5.12. The van der Waals surface area contributed by atoms with Crippen molar-refractivity contribution in [1.29, 1.82) is 0 Å². The van der Waals surface area contributed by atoms with Gasteiger partial charge in [-0.05, 0) is 80.3 Å². The molecule has 0 unspecified atom stereocenters. The van der Waals surface area contributed by atoms with Gasteiger partial charge in [-0.1, -0.05) is 26.0 Å². The van der Waals surface area contributed by atoms with E-state index in [-0.39, 0.29) is 11.2 Å². The van der Waals surface area contributed by atoms with Gasteiger partial charge in [0, 0.05) is 57.4 Å². The van der Waals surface area contributed by atoms with Crippen LogP contribution in [0.1, 0.15) is 57.9 Å². The third-order valence-electron chi connectivity index (χ3n) is 8.63. The van der Waals surface area contributed by atoms with Crippen LogP contribution in [0.5, 0.6) is 0 Å². The summed E-state index contributed by atoms with van der Waals surface area (Å²) in [6, 6.07) is 8.99. The highest BCUT2D eigenvalue weighted by Crippen LogP contribution is 2.34. The second-order valence-corrected chi connectivity index (χ2v) is 11.9. The molecule has 3 aliphatic heterocycles. The van der Waals surface area contributed by atoms with Crippen LogP contribution in [0.15, 0.2) is 30.3 Å². The molecule has 3 aliphatic rings. The van der Waals surface area contributed by atoms with Crippen LogP contribution in [0, 0.1) is 17.7 Å². The lowest BCUT2D eigenvalue weighted by Crippen LogP contribution is -2.45. The molecule has 206 valence electrons. The van der Waals surface area contributed by atoms with Gasteiger partial charge in [0.15, 0.2) is 5.11 Å². The maximum atomic E-state index is 13.6. The topological polar surface area (TPSA) is 65.5 Å². The van der Waals surface area contributed by atoms with E-state index in [2.05, 4.69) is 40.3 Å². The Bertz CT molecular complexity index is 1040. The van der Waals surface area contributed by atoms with E-state index < -0.39 is 0 Å². The Morgan fingerprint density at radius 2 is 1.47 bits per heavy atom. The lowest BCUT2D eigenvalue weighted by Gasteiger charge is -2.38. The van der Waals surface area contributed by atoms with Crippen LogP contribution in [0.4, 0.5) is 22.0 Å². The van der Waals surface area contributed by atoms with E-state index in [0.29, 0.717) is 30.8 Å². The quantitative estimate of drug-likeness (QED) is 0.490. The summed E-state index contributed by atoms with van der Waals surface area (Å²) in [6.07, 6.45) is 6.42. The number of piperidine rings is 2. The number of nitrogens with zero attached hydrogens (tertiary/aromatic N) is 4. The molecule has 2 N–H and O–H groups in total. The highest BCUT2D eigenvalue weighted by atomic mass is 32.1. The summed E-state index contributed by atoms with van der Waals surface area (Å²) < 4.78 is 19.3. The van der Waals surface area contributed by atoms with Crippen molar-refractivity contribution in [3.63, 3.8) is 0 Å². The predicted molar refractivity (Wildman–Crippen MR) is 156 cm³/mol. The molecule has 1 aromatic carbocycles. The zero-order valence-corrected chi connectivity index (χ0v) is 23.5. The molecule has 0 aliphatic carbocycles.